The molecule has 0 aromatic carbocycles. The summed E-state index contributed by atoms with van der Waals surface area (Å²) in [6.07, 6.45) is 2.83. The minimum absolute atomic E-state index is 0.107. The van der Waals surface area contributed by atoms with E-state index in [0.717, 1.165) is 25.8 Å². The van der Waals surface area contributed by atoms with Crippen molar-refractivity contribution in [2.45, 2.75) is 31.3 Å². The number of likely N-dealkylation sites (N-methyl/N-ethyl adjacent to an activating group) is 1. The van der Waals surface area contributed by atoms with Crippen LogP contribution in [0.4, 0.5) is 4.79 Å². The summed E-state index contributed by atoms with van der Waals surface area (Å²) in [7, 11) is 4.02. The monoisotopic (exact) mass is 255 g/mol. The minimum Gasteiger partial charge on any atom is -0.480 e. The lowest BCUT2D eigenvalue weighted by atomic mass is 10.2. The Bertz CT molecular complexity index is 341. The predicted octanol–water partition coefficient (Wildman–Crippen LogP) is 0.291. The van der Waals surface area contributed by atoms with Gasteiger partial charge >= 0.3 is 12.0 Å². The molecule has 1 aliphatic carbocycles. The molecule has 2 amide bonds. The molecule has 0 bridgehead atoms. The number of amides is 2. The van der Waals surface area contributed by atoms with Gasteiger partial charge in [-0.15, -0.1) is 0 Å². The van der Waals surface area contributed by atoms with Crippen LogP contribution in [0.2, 0.25) is 0 Å². The second-order valence-corrected chi connectivity index (χ2v) is 5.39. The van der Waals surface area contributed by atoms with E-state index in [1.165, 1.54) is 4.90 Å². The lowest BCUT2D eigenvalue weighted by molar-refractivity contribution is -0.137. The molecular formula is C12H21N3O3. The Morgan fingerprint density at radius 2 is 1.89 bits per heavy atom. The predicted molar refractivity (Wildman–Crippen MR) is 66.4 cm³/mol. The van der Waals surface area contributed by atoms with Gasteiger partial charge in [-0.2, -0.15) is 0 Å². The van der Waals surface area contributed by atoms with Crippen LogP contribution in [0.1, 0.15) is 19.3 Å². The fourth-order valence-electron chi connectivity index (χ4n) is 2.40. The van der Waals surface area contributed by atoms with Crippen molar-refractivity contribution < 1.29 is 14.7 Å². The third kappa shape index (κ3) is 2.93. The van der Waals surface area contributed by atoms with Crippen LogP contribution >= 0.6 is 0 Å². The third-order valence-electron chi connectivity index (χ3n) is 3.70. The molecule has 1 heterocycles. The highest BCUT2D eigenvalue weighted by atomic mass is 16.4. The van der Waals surface area contributed by atoms with Gasteiger partial charge < -0.3 is 19.8 Å². The van der Waals surface area contributed by atoms with Gasteiger partial charge in [0, 0.05) is 25.2 Å². The number of carbonyl (C=O) groups excluding carboxylic acids is 1. The van der Waals surface area contributed by atoms with Gasteiger partial charge in [0.1, 0.15) is 6.54 Å². The third-order valence-corrected chi connectivity index (χ3v) is 3.70. The molecule has 1 N–H and O–H groups in total. The van der Waals surface area contributed by atoms with Gasteiger partial charge in [0.05, 0.1) is 0 Å². The number of urea groups is 1. The van der Waals surface area contributed by atoms with Crippen molar-refractivity contribution in [1.82, 2.24) is 14.7 Å². The smallest absolute Gasteiger partial charge is 0.323 e. The molecule has 1 saturated carbocycles. The number of hydrogen-bond donors (Lipinski definition) is 1. The van der Waals surface area contributed by atoms with Gasteiger partial charge in [-0.25, -0.2) is 4.79 Å². The first-order chi connectivity index (χ1) is 8.49. The molecule has 2 aliphatic rings. The summed E-state index contributed by atoms with van der Waals surface area (Å²) in [6, 6.07) is 0.427. The van der Waals surface area contributed by atoms with Crippen molar-refractivity contribution in [2.24, 2.45) is 0 Å². The number of carboxylic acids is 1. The van der Waals surface area contributed by atoms with Crippen molar-refractivity contribution >= 4 is 12.0 Å². The summed E-state index contributed by atoms with van der Waals surface area (Å²) in [5.41, 5.74) is 0. The van der Waals surface area contributed by atoms with Crippen LogP contribution in [0.15, 0.2) is 0 Å². The maximum Gasteiger partial charge on any atom is 0.323 e. The van der Waals surface area contributed by atoms with E-state index in [2.05, 4.69) is 4.90 Å². The van der Waals surface area contributed by atoms with Crippen LogP contribution in [-0.2, 0) is 4.79 Å². The normalized spacial score (nSPS) is 23.5. The lowest BCUT2D eigenvalue weighted by Gasteiger charge is -2.27. The highest BCUT2D eigenvalue weighted by Gasteiger charge is 2.38. The summed E-state index contributed by atoms with van der Waals surface area (Å²) in [5, 5.41) is 8.87. The molecule has 1 aliphatic heterocycles. The fourth-order valence-corrected chi connectivity index (χ4v) is 2.40. The summed E-state index contributed by atoms with van der Waals surface area (Å²) < 4.78 is 0. The highest BCUT2D eigenvalue weighted by Crippen LogP contribution is 2.28. The molecule has 6 heteroatoms. The molecule has 18 heavy (non-hydrogen) atoms. The molecule has 2 rings (SSSR count). The molecule has 6 nitrogen and oxygen atoms in total. The van der Waals surface area contributed by atoms with Crippen LogP contribution in [0.25, 0.3) is 0 Å². The van der Waals surface area contributed by atoms with Crippen molar-refractivity contribution in [1.29, 1.82) is 0 Å². The van der Waals surface area contributed by atoms with Crippen LogP contribution in [0.3, 0.4) is 0 Å². The Labute approximate surface area is 107 Å². The van der Waals surface area contributed by atoms with E-state index < -0.39 is 5.97 Å². The summed E-state index contributed by atoms with van der Waals surface area (Å²) in [6.45, 7) is 1.26. The second kappa shape index (κ2) is 5.14. The molecule has 2 fully saturated rings. The first-order valence-corrected chi connectivity index (χ1v) is 6.43. The van der Waals surface area contributed by atoms with Gasteiger partial charge in [-0.3, -0.25) is 4.79 Å². The molecule has 102 valence electrons. The van der Waals surface area contributed by atoms with E-state index in [0.29, 0.717) is 12.6 Å². The molecule has 0 radical (unpaired) electrons. The topological polar surface area (TPSA) is 64.1 Å². The van der Waals surface area contributed by atoms with Crippen molar-refractivity contribution in [2.75, 3.05) is 33.7 Å². The summed E-state index contributed by atoms with van der Waals surface area (Å²) >= 11 is 0. The largest absolute Gasteiger partial charge is 0.480 e. The molecule has 1 unspecified atom stereocenters. The van der Waals surface area contributed by atoms with Crippen LogP contribution in [-0.4, -0.2) is 77.6 Å². The summed E-state index contributed by atoms with van der Waals surface area (Å²) in [5.74, 6) is -0.932. The molecule has 0 aromatic rings. The quantitative estimate of drug-likeness (QED) is 0.784. The van der Waals surface area contributed by atoms with Gasteiger partial charge in [-0.05, 0) is 33.4 Å². The Morgan fingerprint density at radius 1 is 1.22 bits per heavy atom. The van der Waals surface area contributed by atoms with Crippen LogP contribution in [0, 0.1) is 0 Å². The Balaban J connectivity index is 1.95. The zero-order valence-corrected chi connectivity index (χ0v) is 11.0. The Morgan fingerprint density at radius 3 is 2.33 bits per heavy atom. The Kier molecular flexibility index (Phi) is 3.75. The van der Waals surface area contributed by atoms with Gasteiger partial charge in [0.25, 0.3) is 0 Å². The van der Waals surface area contributed by atoms with Crippen molar-refractivity contribution in [3.8, 4) is 0 Å². The van der Waals surface area contributed by atoms with Gasteiger partial charge in [0.2, 0.25) is 0 Å². The molecule has 0 spiro atoms. The highest BCUT2D eigenvalue weighted by molar-refractivity contribution is 5.81. The zero-order valence-electron chi connectivity index (χ0n) is 11.0. The molecular weight excluding hydrogens is 234 g/mol. The SMILES string of the molecule is CN(C)C1CCN(C(=O)N(CC(=O)O)C2CC2)C1. The second-order valence-electron chi connectivity index (χ2n) is 5.39. The van der Waals surface area contributed by atoms with E-state index in [1.807, 2.05) is 14.1 Å². The number of likely N-dealkylation sites (tertiary alicyclic amines) is 1. The lowest BCUT2D eigenvalue weighted by Crippen LogP contribution is -2.46. The maximum atomic E-state index is 12.3. The summed E-state index contributed by atoms with van der Waals surface area (Å²) in [4.78, 5) is 28.5. The number of carbonyl (C=O) groups is 2. The number of nitrogens with zero attached hydrogens (tertiary/aromatic N) is 3. The first-order valence-electron chi connectivity index (χ1n) is 6.43. The van der Waals surface area contributed by atoms with Crippen LogP contribution < -0.4 is 0 Å². The number of carboxylic acid groups (broad SMARTS) is 1. The van der Waals surface area contributed by atoms with Crippen molar-refractivity contribution in [3.63, 3.8) is 0 Å². The minimum atomic E-state index is -0.932. The van der Waals surface area contributed by atoms with Gasteiger partial charge in [0.15, 0.2) is 0 Å². The Hall–Kier alpha value is -1.30. The number of hydrogen-bond acceptors (Lipinski definition) is 3. The molecule has 0 aromatic heterocycles. The zero-order chi connectivity index (χ0) is 13.3. The average molecular weight is 255 g/mol. The van der Waals surface area contributed by atoms with E-state index >= 15 is 0 Å². The van der Waals surface area contributed by atoms with E-state index in [-0.39, 0.29) is 18.6 Å². The van der Waals surface area contributed by atoms with Crippen molar-refractivity contribution in [3.05, 3.63) is 0 Å². The van der Waals surface area contributed by atoms with Gasteiger partial charge in [-0.1, -0.05) is 0 Å². The molecule has 1 atom stereocenters. The number of rotatable bonds is 4. The molecule has 1 saturated heterocycles. The maximum absolute atomic E-state index is 12.3. The fraction of sp³-hybridized carbons (Fsp3) is 0.833. The number of aliphatic carboxylic acids is 1. The van der Waals surface area contributed by atoms with E-state index in [9.17, 15) is 9.59 Å². The standard InChI is InChI=1S/C12H21N3O3/c1-13(2)10-5-6-14(7-10)12(18)15(8-11(16)17)9-3-4-9/h9-10H,3-8H2,1-2H3,(H,16,17). The van der Waals surface area contributed by atoms with E-state index in [4.69, 9.17) is 5.11 Å². The van der Waals surface area contributed by atoms with Crippen LogP contribution in [0.5, 0.6) is 0 Å². The van der Waals surface area contributed by atoms with E-state index in [1.54, 1.807) is 4.90 Å². The average Bonchev–Trinajstić information content (AvgIpc) is 3.00. The first kappa shape index (κ1) is 13.1.